The second kappa shape index (κ2) is 9.28. The molecule has 1 saturated carbocycles. The number of carbonyl (C=O) groups excluding carboxylic acids is 1. The summed E-state index contributed by atoms with van der Waals surface area (Å²) < 4.78 is 54.0. The minimum Gasteiger partial charge on any atom is -0.355 e. The minimum absolute atomic E-state index is 0.0676. The quantitative estimate of drug-likeness (QED) is 0.771. The molecule has 1 aliphatic carbocycles. The Labute approximate surface area is 164 Å². The summed E-state index contributed by atoms with van der Waals surface area (Å²) in [5.41, 5.74) is 0. The van der Waals surface area contributed by atoms with Crippen molar-refractivity contribution in [2.45, 2.75) is 37.0 Å². The van der Waals surface area contributed by atoms with Gasteiger partial charge in [-0.05, 0) is 30.9 Å². The van der Waals surface area contributed by atoms with Gasteiger partial charge in [0.25, 0.3) is 0 Å². The first-order valence-corrected chi connectivity index (χ1v) is 11.2. The van der Waals surface area contributed by atoms with Crippen molar-refractivity contribution in [2.24, 2.45) is 5.92 Å². The molecular weight excluding hydrogens is 388 g/mol. The number of nitrogens with zero attached hydrogens (tertiary/aromatic N) is 2. The van der Waals surface area contributed by atoms with Gasteiger partial charge in [-0.1, -0.05) is 25.3 Å². The number of piperazine rings is 1. The lowest BCUT2D eigenvalue weighted by Crippen LogP contribution is -2.51. The number of hydrogen-bond donors (Lipinski definition) is 1. The molecule has 0 radical (unpaired) electrons. The maximum absolute atomic E-state index is 13.9. The molecule has 3 rings (SSSR count). The van der Waals surface area contributed by atoms with Crippen molar-refractivity contribution in [3.63, 3.8) is 0 Å². The molecule has 156 valence electrons. The lowest BCUT2D eigenvalue weighted by molar-refractivity contribution is -0.122. The first-order chi connectivity index (χ1) is 13.4. The van der Waals surface area contributed by atoms with Gasteiger partial charge in [0.2, 0.25) is 15.9 Å². The van der Waals surface area contributed by atoms with E-state index < -0.39 is 26.6 Å². The molecule has 0 bridgehead atoms. The van der Waals surface area contributed by atoms with Crippen molar-refractivity contribution in [1.82, 2.24) is 14.5 Å². The van der Waals surface area contributed by atoms with E-state index in [1.54, 1.807) is 0 Å². The number of amides is 1. The van der Waals surface area contributed by atoms with Gasteiger partial charge in [0.05, 0.1) is 6.54 Å². The van der Waals surface area contributed by atoms with Crippen LogP contribution in [0.1, 0.15) is 32.1 Å². The molecule has 0 spiro atoms. The van der Waals surface area contributed by atoms with E-state index in [0.717, 1.165) is 35.3 Å². The number of nitrogens with one attached hydrogen (secondary N) is 1. The highest BCUT2D eigenvalue weighted by Gasteiger charge is 2.33. The molecule has 0 aromatic heterocycles. The molecule has 1 heterocycles. The lowest BCUT2D eigenvalue weighted by atomic mass is 9.89. The van der Waals surface area contributed by atoms with Crippen LogP contribution in [0.4, 0.5) is 8.78 Å². The first-order valence-electron chi connectivity index (χ1n) is 9.81. The summed E-state index contributed by atoms with van der Waals surface area (Å²) in [6.07, 6.45) is 6.03. The predicted molar refractivity (Wildman–Crippen MR) is 101 cm³/mol. The van der Waals surface area contributed by atoms with Gasteiger partial charge in [-0.3, -0.25) is 9.69 Å². The van der Waals surface area contributed by atoms with Crippen molar-refractivity contribution in [2.75, 3.05) is 39.3 Å². The van der Waals surface area contributed by atoms with Gasteiger partial charge < -0.3 is 5.32 Å². The summed E-state index contributed by atoms with van der Waals surface area (Å²) in [5, 5.41) is 2.97. The number of carbonyl (C=O) groups is 1. The Morgan fingerprint density at radius 1 is 1.04 bits per heavy atom. The Balaban J connectivity index is 1.49. The Kier molecular flexibility index (Phi) is 7.00. The van der Waals surface area contributed by atoms with E-state index in [1.165, 1.54) is 19.3 Å². The van der Waals surface area contributed by atoms with E-state index in [0.29, 0.717) is 25.6 Å². The fourth-order valence-electron chi connectivity index (χ4n) is 3.89. The highest BCUT2D eigenvalue weighted by Crippen LogP contribution is 2.24. The topological polar surface area (TPSA) is 69.7 Å². The van der Waals surface area contributed by atoms with Gasteiger partial charge in [0, 0.05) is 32.7 Å². The zero-order chi connectivity index (χ0) is 20.1. The van der Waals surface area contributed by atoms with Gasteiger partial charge in [-0.2, -0.15) is 4.31 Å². The summed E-state index contributed by atoms with van der Waals surface area (Å²) in [7, 11) is -4.24. The van der Waals surface area contributed by atoms with Crippen molar-refractivity contribution in [3.8, 4) is 0 Å². The van der Waals surface area contributed by atoms with E-state index in [9.17, 15) is 22.0 Å². The third-order valence-corrected chi connectivity index (χ3v) is 7.48. The Morgan fingerprint density at radius 2 is 1.64 bits per heavy atom. The molecule has 28 heavy (non-hydrogen) atoms. The van der Waals surface area contributed by atoms with Gasteiger partial charge in [0.15, 0.2) is 4.90 Å². The fraction of sp³-hybridized carbons (Fsp3) is 0.632. The third kappa shape index (κ3) is 5.07. The van der Waals surface area contributed by atoms with Crippen LogP contribution in [-0.2, 0) is 14.8 Å². The largest absolute Gasteiger partial charge is 0.355 e. The Hall–Kier alpha value is -1.58. The zero-order valence-electron chi connectivity index (χ0n) is 15.9. The zero-order valence-corrected chi connectivity index (χ0v) is 16.7. The van der Waals surface area contributed by atoms with Crippen LogP contribution in [0.15, 0.2) is 23.1 Å². The molecule has 1 amide bonds. The van der Waals surface area contributed by atoms with Crippen LogP contribution in [0.2, 0.25) is 0 Å². The average molecular weight is 416 g/mol. The summed E-state index contributed by atoms with van der Waals surface area (Å²) in [6.45, 7) is 1.75. The van der Waals surface area contributed by atoms with Crippen molar-refractivity contribution >= 4 is 15.9 Å². The molecule has 1 aromatic rings. The van der Waals surface area contributed by atoms with Crippen LogP contribution in [0.25, 0.3) is 0 Å². The summed E-state index contributed by atoms with van der Waals surface area (Å²) in [4.78, 5) is 13.1. The van der Waals surface area contributed by atoms with Crippen LogP contribution < -0.4 is 5.32 Å². The van der Waals surface area contributed by atoms with E-state index in [4.69, 9.17) is 0 Å². The van der Waals surface area contributed by atoms with Crippen LogP contribution >= 0.6 is 0 Å². The molecule has 2 fully saturated rings. The molecular formula is C19H27F2N3O3S. The molecule has 9 heteroatoms. The maximum Gasteiger partial charge on any atom is 0.249 e. The third-order valence-electron chi connectivity index (χ3n) is 5.53. The second-order valence-corrected chi connectivity index (χ2v) is 9.41. The number of rotatable bonds is 6. The monoisotopic (exact) mass is 415 g/mol. The SMILES string of the molecule is O=C(CN1CCN(S(=O)(=O)c2c(F)cccc2F)CC1)NCC1CCCCC1. The predicted octanol–water partition coefficient (Wildman–Crippen LogP) is 1.97. The fourth-order valence-corrected chi connectivity index (χ4v) is 5.43. The average Bonchev–Trinajstić information content (AvgIpc) is 2.67. The molecule has 0 atom stereocenters. The van der Waals surface area contributed by atoms with Gasteiger partial charge in [0.1, 0.15) is 11.6 Å². The van der Waals surface area contributed by atoms with Crippen molar-refractivity contribution < 1.29 is 22.0 Å². The van der Waals surface area contributed by atoms with Crippen LogP contribution in [0.5, 0.6) is 0 Å². The van der Waals surface area contributed by atoms with E-state index in [1.807, 2.05) is 4.90 Å². The normalized spacial score (nSPS) is 20.2. The summed E-state index contributed by atoms with van der Waals surface area (Å²) in [6, 6.07) is 3.00. The van der Waals surface area contributed by atoms with Gasteiger partial charge in [-0.15, -0.1) is 0 Å². The molecule has 2 aliphatic rings. The van der Waals surface area contributed by atoms with Crippen LogP contribution in [0.3, 0.4) is 0 Å². The smallest absolute Gasteiger partial charge is 0.249 e. The standard InChI is InChI=1S/C19H27F2N3O3S/c20-16-7-4-8-17(21)19(16)28(26,27)24-11-9-23(10-12-24)14-18(25)22-13-15-5-2-1-3-6-15/h4,7-8,15H,1-3,5-6,9-14H2,(H,22,25). The van der Waals surface area contributed by atoms with Crippen LogP contribution in [0, 0.1) is 17.6 Å². The first kappa shape index (κ1) is 21.1. The molecule has 1 saturated heterocycles. The highest BCUT2D eigenvalue weighted by atomic mass is 32.2. The maximum atomic E-state index is 13.9. The molecule has 0 unspecified atom stereocenters. The lowest BCUT2D eigenvalue weighted by Gasteiger charge is -2.33. The number of sulfonamides is 1. The molecule has 1 aliphatic heterocycles. The van der Waals surface area contributed by atoms with Crippen molar-refractivity contribution in [1.29, 1.82) is 0 Å². The Morgan fingerprint density at radius 3 is 2.25 bits per heavy atom. The van der Waals surface area contributed by atoms with Crippen molar-refractivity contribution in [3.05, 3.63) is 29.8 Å². The van der Waals surface area contributed by atoms with Gasteiger partial charge in [-0.25, -0.2) is 17.2 Å². The summed E-state index contributed by atoms with van der Waals surface area (Å²) >= 11 is 0. The molecule has 1 N–H and O–H groups in total. The van der Waals surface area contributed by atoms with E-state index in [-0.39, 0.29) is 25.5 Å². The van der Waals surface area contributed by atoms with Crippen LogP contribution in [-0.4, -0.2) is 62.8 Å². The second-order valence-electron chi connectivity index (χ2n) is 7.54. The number of benzene rings is 1. The summed E-state index contributed by atoms with van der Waals surface area (Å²) in [5.74, 6) is -1.70. The van der Waals surface area contributed by atoms with E-state index in [2.05, 4.69) is 5.32 Å². The molecule has 6 nitrogen and oxygen atoms in total. The number of halogens is 2. The number of hydrogen-bond acceptors (Lipinski definition) is 4. The molecule has 1 aromatic carbocycles. The highest BCUT2D eigenvalue weighted by molar-refractivity contribution is 7.89. The minimum atomic E-state index is -4.24. The Bertz CT molecular complexity index is 769. The van der Waals surface area contributed by atoms with E-state index >= 15 is 0 Å². The van der Waals surface area contributed by atoms with Gasteiger partial charge >= 0.3 is 0 Å².